The van der Waals surface area contributed by atoms with Gasteiger partial charge in [-0.05, 0) is 41.5 Å². The maximum absolute atomic E-state index is 13.9. The Balaban J connectivity index is 1.35. The molecule has 5 rings (SSSR count). The molecule has 0 aliphatic carbocycles. The molecule has 7 heteroatoms. The number of fused-ring (bicyclic) bond motifs is 1. The number of benzene rings is 2. The van der Waals surface area contributed by atoms with Gasteiger partial charge in [0.15, 0.2) is 0 Å². The Bertz CT molecular complexity index is 1160. The maximum Gasteiger partial charge on any atom is 0.254 e. The number of rotatable bonds is 8. The van der Waals surface area contributed by atoms with Crippen LogP contribution < -0.4 is 5.32 Å². The van der Waals surface area contributed by atoms with E-state index in [0.29, 0.717) is 18.7 Å². The lowest BCUT2D eigenvalue weighted by Crippen LogP contribution is -2.51. The molecule has 2 amide bonds. The van der Waals surface area contributed by atoms with Crippen LogP contribution in [-0.2, 0) is 16.1 Å². The van der Waals surface area contributed by atoms with Crippen molar-refractivity contribution in [3.8, 4) is 0 Å². The number of carbonyl (C=O) groups excluding carboxylic acids is 2. The van der Waals surface area contributed by atoms with Crippen LogP contribution in [0.2, 0.25) is 0 Å². The first kappa shape index (κ1) is 24.7. The number of nitrogens with zero attached hydrogens (tertiary/aromatic N) is 2. The Labute approximate surface area is 216 Å². The molecular weight excluding hydrogens is 470 g/mol. The third-order valence-corrected chi connectivity index (χ3v) is 8.22. The Morgan fingerprint density at radius 3 is 2.50 bits per heavy atom. The topological polar surface area (TPSA) is 61.9 Å². The van der Waals surface area contributed by atoms with E-state index in [1.165, 1.54) is 5.56 Å². The van der Waals surface area contributed by atoms with Crippen molar-refractivity contribution < 1.29 is 14.3 Å². The smallest absolute Gasteiger partial charge is 0.254 e. The molecule has 36 heavy (non-hydrogen) atoms. The molecule has 0 unspecified atom stereocenters. The van der Waals surface area contributed by atoms with Gasteiger partial charge in [0.05, 0.1) is 18.6 Å². The van der Waals surface area contributed by atoms with Crippen LogP contribution in [0.25, 0.3) is 0 Å². The molecule has 2 aliphatic heterocycles. The van der Waals surface area contributed by atoms with E-state index in [4.69, 9.17) is 4.74 Å². The zero-order chi connectivity index (χ0) is 24.9. The summed E-state index contributed by atoms with van der Waals surface area (Å²) in [4.78, 5) is 32.8. The fourth-order valence-electron chi connectivity index (χ4n) is 5.45. The van der Waals surface area contributed by atoms with Crippen LogP contribution in [0.3, 0.4) is 0 Å². The largest absolute Gasteiger partial charge is 0.383 e. The van der Waals surface area contributed by atoms with E-state index < -0.39 is 5.92 Å². The van der Waals surface area contributed by atoms with Crippen molar-refractivity contribution in [1.82, 2.24) is 15.1 Å². The highest BCUT2D eigenvalue weighted by Crippen LogP contribution is 2.44. The van der Waals surface area contributed by atoms with E-state index >= 15 is 0 Å². The normalized spacial score (nSPS) is 20.8. The highest BCUT2D eigenvalue weighted by molar-refractivity contribution is 7.10. The summed E-state index contributed by atoms with van der Waals surface area (Å²) in [7, 11) is 1.64. The summed E-state index contributed by atoms with van der Waals surface area (Å²) < 4.78 is 5.32. The zero-order valence-corrected chi connectivity index (χ0v) is 21.5. The second-order valence-electron chi connectivity index (χ2n) is 9.56. The zero-order valence-electron chi connectivity index (χ0n) is 20.6. The molecule has 2 aliphatic rings. The Morgan fingerprint density at radius 2 is 1.78 bits per heavy atom. The van der Waals surface area contributed by atoms with E-state index in [2.05, 4.69) is 34.5 Å². The average molecular weight is 504 g/mol. The fourth-order valence-corrected chi connectivity index (χ4v) is 6.33. The standard InChI is InChI=1S/C29H33N3O3S/c1-35-18-17-32-27(25-12-7-19-36-25)26(23-10-5-6-11-24(23)29(32)34)28(33)30-22-13-15-31(16-14-22)20-21-8-3-2-4-9-21/h2-12,19,22,26-27H,13-18,20H2,1H3,(H,30,33)/t26-,27-/m0/s1. The number of piperidine rings is 1. The minimum Gasteiger partial charge on any atom is -0.383 e. The summed E-state index contributed by atoms with van der Waals surface area (Å²) in [5, 5.41) is 5.37. The molecule has 1 saturated heterocycles. The third-order valence-electron chi connectivity index (χ3n) is 7.28. The SMILES string of the molecule is COCCN1C(=O)c2ccccc2[C@H](C(=O)NC2CCN(Cc3ccccc3)CC2)[C@@H]1c1cccs1. The third kappa shape index (κ3) is 5.24. The average Bonchev–Trinajstić information content (AvgIpc) is 3.44. The first-order valence-electron chi connectivity index (χ1n) is 12.6. The molecule has 188 valence electrons. The fraction of sp³-hybridized carbons (Fsp3) is 0.379. The van der Waals surface area contributed by atoms with E-state index in [1.807, 2.05) is 52.7 Å². The summed E-state index contributed by atoms with van der Waals surface area (Å²) in [5.41, 5.74) is 2.74. The monoisotopic (exact) mass is 503 g/mol. The van der Waals surface area contributed by atoms with E-state index in [-0.39, 0.29) is 23.9 Å². The van der Waals surface area contributed by atoms with Crippen LogP contribution in [0.15, 0.2) is 72.1 Å². The number of hydrogen-bond acceptors (Lipinski definition) is 5. The second kappa shape index (κ2) is 11.4. The van der Waals surface area contributed by atoms with Gasteiger partial charge in [-0.1, -0.05) is 54.6 Å². The summed E-state index contributed by atoms with van der Waals surface area (Å²) in [5.74, 6) is -0.506. The molecule has 0 saturated carbocycles. The summed E-state index contributed by atoms with van der Waals surface area (Å²) >= 11 is 1.59. The van der Waals surface area contributed by atoms with Crippen LogP contribution in [0, 0.1) is 0 Å². The van der Waals surface area contributed by atoms with Crippen molar-refractivity contribution in [2.24, 2.45) is 0 Å². The van der Waals surface area contributed by atoms with Crippen molar-refractivity contribution in [3.05, 3.63) is 93.7 Å². The van der Waals surface area contributed by atoms with Crippen molar-refractivity contribution in [3.63, 3.8) is 0 Å². The number of carbonyl (C=O) groups is 2. The van der Waals surface area contributed by atoms with E-state index in [1.54, 1.807) is 18.4 Å². The predicted molar refractivity (Wildman–Crippen MR) is 142 cm³/mol. The van der Waals surface area contributed by atoms with Gasteiger partial charge < -0.3 is 15.0 Å². The summed E-state index contributed by atoms with van der Waals surface area (Å²) in [6.45, 7) is 3.70. The predicted octanol–water partition coefficient (Wildman–Crippen LogP) is 4.46. The molecule has 2 atom stereocenters. The lowest BCUT2D eigenvalue weighted by Gasteiger charge is -2.42. The lowest BCUT2D eigenvalue weighted by atomic mass is 9.81. The van der Waals surface area contributed by atoms with Crippen LogP contribution in [0.1, 0.15) is 51.2 Å². The molecule has 1 fully saturated rings. The number of nitrogens with one attached hydrogen (secondary N) is 1. The van der Waals surface area contributed by atoms with Gasteiger partial charge in [0, 0.05) is 49.8 Å². The van der Waals surface area contributed by atoms with Crippen molar-refractivity contribution in [1.29, 1.82) is 0 Å². The lowest BCUT2D eigenvalue weighted by molar-refractivity contribution is -0.125. The molecule has 1 aromatic heterocycles. The molecule has 0 spiro atoms. The molecule has 3 heterocycles. The van der Waals surface area contributed by atoms with Crippen LogP contribution >= 0.6 is 11.3 Å². The highest BCUT2D eigenvalue weighted by Gasteiger charge is 2.44. The van der Waals surface area contributed by atoms with Gasteiger partial charge in [-0.15, -0.1) is 11.3 Å². The number of likely N-dealkylation sites (tertiary alicyclic amines) is 1. The number of thiophene rings is 1. The molecule has 2 aromatic carbocycles. The van der Waals surface area contributed by atoms with Crippen LogP contribution in [0.5, 0.6) is 0 Å². The van der Waals surface area contributed by atoms with Crippen molar-refractivity contribution >= 4 is 23.2 Å². The van der Waals surface area contributed by atoms with Crippen LogP contribution in [-0.4, -0.2) is 61.0 Å². The van der Waals surface area contributed by atoms with E-state index in [9.17, 15) is 9.59 Å². The van der Waals surface area contributed by atoms with Gasteiger partial charge in [-0.3, -0.25) is 14.5 Å². The van der Waals surface area contributed by atoms with Gasteiger partial charge in [-0.25, -0.2) is 0 Å². The summed E-state index contributed by atoms with van der Waals surface area (Å²) in [6, 6.07) is 21.9. The van der Waals surface area contributed by atoms with Gasteiger partial charge in [0.1, 0.15) is 0 Å². The van der Waals surface area contributed by atoms with Gasteiger partial charge in [0.25, 0.3) is 5.91 Å². The van der Waals surface area contributed by atoms with Crippen LogP contribution in [0.4, 0.5) is 0 Å². The molecule has 0 bridgehead atoms. The summed E-state index contributed by atoms with van der Waals surface area (Å²) in [6.07, 6.45) is 1.84. The molecular formula is C29H33N3O3S. The van der Waals surface area contributed by atoms with Crippen molar-refractivity contribution in [2.45, 2.75) is 37.4 Å². The Morgan fingerprint density at radius 1 is 1.03 bits per heavy atom. The highest BCUT2D eigenvalue weighted by atomic mass is 32.1. The molecule has 0 radical (unpaired) electrons. The quantitative estimate of drug-likeness (QED) is 0.493. The van der Waals surface area contributed by atoms with Gasteiger partial charge >= 0.3 is 0 Å². The number of amides is 2. The Kier molecular flexibility index (Phi) is 7.80. The Hall–Kier alpha value is -3.00. The number of methoxy groups -OCH3 is 1. The first-order chi connectivity index (χ1) is 17.7. The van der Waals surface area contributed by atoms with Gasteiger partial charge in [0.2, 0.25) is 5.91 Å². The number of hydrogen-bond donors (Lipinski definition) is 1. The first-order valence-corrected chi connectivity index (χ1v) is 13.5. The van der Waals surface area contributed by atoms with E-state index in [0.717, 1.165) is 42.9 Å². The van der Waals surface area contributed by atoms with Gasteiger partial charge in [-0.2, -0.15) is 0 Å². The molecule has 1 N–H and O–H groups in total. The maximum atomic E-state index is 13.9. The molecule has 3 aromatic rings. The number of ether oxygens (including phenoxy) is 1. The minimum atomic E-state index is -0.461. The second-order valence-corrected chi connectivity index (χ2v) is 10.5. The minimum absolute atomic E-state index is 0.00252. The van der Waals surface area contributed by atoms with Crippen molar-refractivity contribution in [2.75, 3.05) is 33.4 Å². The molecule has 6 nitrogen and oxygen atoms in total.